The van der Waals surface area contributed by atoms with E-state index in [1.165, 1.54) is 0 Å². The maximum atomic E-state index is 11.9. The minimum atomic E-state index is -2.43. The van der Waals surface area contributed by atoms with Gasteiger partial charge < -0.3 is 14.8 Å². The first-order valence-corrected chi connectivity index (χ1v) is 6.23. The Kier molecular flexibility index (Phi) is 5.06. The molecule has 0 aliphatic rings. The van der Waals surface area contributed by atoms with Gasteiger partial charge in [-0.15, -0.1) is 0 Å². The molecule has 1 aromatic carbocycles. The zero-order valence-corrected chi connectivity index (χ0v) is 11.1. The SMILES string of the molecule is COc1ccc2c(NCCOCC(F)F)nccc2c1. The van der Waals surface area contributed by atoms with E-state index in [1.54, 1.807) is 13.3 Å². The van der Waals surface area contributed by atoms with Crippen molar-refractivity contribution in [1.29, 1.82) is 0 Å². The third kappa shape index (κ3) is 3.77. The number of aromatic nitrogens is 1. The summed E-state index contributed by atoms with van der Waals surface area (Å²) in [5.41, 5.74) is 0. The summed E-state index contributed by atoms with van der Waals surface area (Å²) >= 11 is 0. The van der Waals surface area contributed by atoms with Crippen molar-refractivity contribution >= 4 is 16.6 Å². The van der Waals surface area contributed by atoms with Crippen LogP contribution >= 0.6 is 0 Å². The molecule has 1 N–H and O–H groups in total. The van der Waals surface area contributed by atoms with Gasteiger partial charge in [0.25, 0.3) is 6.43 Å². The Hall–Kier alpha value is -1.95. The summed E-state index contributed by atoms with van der Waals surface area (Å²) in [4.78, 5) is 4.24. The molecule has 0 aliphatic heterocycles. The Labute approximate surface area is 115 Å². The Morgan fingerprint density at radius 3 is 2.90 bits per heavy atom. The molecule has 0 saturated heterocycles. The molecule has 2 aromatic rings. The fourth-order valence-electron chi connectivity index (χ4n) is 1.84. The van der Waals surface area contributed by atoms with E-state index in [0.717, 1.165) is 16.5 Å². The van der Waals surface area contributed by atoms with Gasteiger partial charge in [0, 0.05) is 18.1 Å². The van der Waals surface area contributed by atoms with Crippen LogP contribution in [0.25, 0.3) is 10.8 Å². The highest BCUT2D eigenvalue weighted by molar-refractivity contribution is 5.92. The molecule has 0 fully saturated rings. The van der Waals surface area contributed by atoms with Crippen LogP contribution in [0.1, 0.15) is 0 Å². The van der Waals surface area contributed by atoms with E-state index >= 15 is 0 Å². The fraction of sp³-hybridized carbons (Fsp3) is 0.357. The van der Waals surface area contributed by atoms with Crippen molar-refractivity contribution in [2.75, 3.05) is 32.2 Å². The maximum Gasteiger partial charge on any atom is 0.261 e. The predicted molar refractivity (Wildman–Crippen MR) is 73.6 cm³/mol. The lowest BCUT2D eigenvalue weighted by atomic mass is 10.1. The Bertz CT molecular complexity index is 564. The van der Waals surface area contributed by atoms with Gasteiger partial charge in [0.15, 0.2) is 0 Å². The van der Waals surface area contributed by atoms with Crippen LogP contribution in [0.5, 0.6) is 5.75 Å². The molecule has 1 heterocycles. The smallest absolute Gasteiger partial charge is 0.261 e. The predicted octanol–water partition coefficient (Wildman–Crippen LogP) is 2.94. The number of ether oxygens (including phenoxy) is 2. The first kappa shape index (κ1) is 14.5. The minimum Gasteiger partial charge on any atom is -0.497 e. The molecule has 0 unspecified atom stereocenters. The van der Waals surface area contributed by atoms with Crippen LogP contribution in [-0.4, -0.2) is 38.3 Å². The van der Waals surface area contributed by atoms with Gasteiger partial charge in [-0.1, -0.05) is 0 Å². The molecule has 0 amide bonds. The number of benzene rings is 1. The lowest BCUT2D eigenvalue weighted by molar-refractivity contribution is 0.0215. The number of fused-ring (bicyclic) bond motifs is 1. The fourth-order valence-corrected chi connectivity index (χ4v) is 1.84. The highest BCUT2D eigenvalue weighted by Gasteiger charge is 2.04. The van der Waals surface area contributed by atoms with E-state index in [4.69, 9.17) is 9.47 Å². The van der Waals surface area contributed by atoms with Crippen molar-refractivity contribution in [3.05, 3.63) is 30.5 Å². The number of hydrogen-bond donors (Lipinski definition) is 1. The zero-order valence-electron chi connectivity index (χ0n) is 11.1. The Morgan fingerprint density at radius 2 is 2.15 bits per heavy atom. The molecule has 20 heavy (non-hydrogen) atoms. The highest BCUT2D eigenvalue weighted by atomic mass is 19.3. The van der Waals surface area contributed by atoms with Gasteiger partial charge >= 0.3 is 0 Å². The monoisotopic (exact) mass is 282 g/mol. The number of nitrogens with zero attached hydrogens (tertiary/aromatic N) is 1. The molecular weight excluding hydrogens is 266 g/mol. The van der Waals surface area contributed by atoms with Crippen LogP contribution in [0.4, 0.5) is 14.6 Å². The first-order chi connectivity index (χ1) is 9.70. The molecule has 0 saturated carbocycles. The topological polar surface area (TPSA) is 43.4 Å². The summed E-state index contributed by atoms with van der Waals surface area (Å²) in [7, 11) is 1.61. The Morgan fingerprint density at radius 1 is 1.30 bits per heavy atom. The first-order valence-electron chi connectivity index (χ1n) is 6.23. The van der Waals surface area contributed by atoms with Gasteiger partial charge in [-0.05, 0) is 29.7 Å². The number of alkyl halides is 2. The van der Waals surface area contributed by atoms with Gasteiger partial charge in [-0.3, -0.25) is 0 Å². The van der Waals surface area contributed by atoms with Crippen LogP contribution in [0, 0.1) is 0 Å². The largest absolute Gasteiger partial charge is 0.497 e. The second-order valence-electron chi connectivity index (χ2n) is 4.14. The number of nitrogens with one attached hydrogen (secondary N) is 1. The number of anilines is 1. The van der Waals surface area contributed by atoms with Crippen molar-refractivity contribution in [3.63, 3.8) is 0 Å². The van der Waals surface area contributed by atoms with Crippen LogP contribution in [0.15, 0.2) is 30.5 Å². The summed E-state index contributed by atoms with van der Waals surface area (Å²) in [6.45, 7) is 0.0886. The van der Waals surface area contributed by atoms with Crippen molar-refractivity contribution in [2.24, 2.45) is 0 Å². The number of pyridine rings is 1. The molecule has 2 rings (SSSR count). The Balaban J connectivity index is 1.99. The maximum absolute atomic E-state index is 11.9. The third-order valence-corrected chi connectivity index (χ3v) is 2.75. The van der Waals surface area contributed by atoms with Crippen molar-refractivity contribution in [2.45, 2.75) is 6.43 Å². The standard InChI is InChI=1S/C14H16F2N2O2/c1-19-11-2-3-12-10(8-11)4-5-17-14(12)18-6-7-20-9-13(15)16/h2-5,8,13H,6-7,9H2,1H3,(H,17,18). The van der Waals surface area contributed by atoms with E-state index in [-0.39, 0.29) is 6.61 Å². The highest BCUT2D eigenvalue weighted by Crippen LogP contribution is 2.25. The van der Waals surface area contributed by atoms with Crippen LogP contribution in [0.2, 0.25) is 0 Å². The van der Waals surface area contributed by atoms with E-state index in [0.29, 0.717) is 12.4 Å². The van der Waals surface area contributed by atoms with E-state index in [1.807, 2.05) is 24.3 Å². The average molecular weight is 282 g/mol. The van der Waals surface area contributed by atoms with Crippen LogP contribution in [-0.2, 0) is 4.74 Å². The minimum absolute atomic E-state index is 0.207. The van der Waals surface area contributed by atoms with E-state index in [2.05, 4.69) is 10.3 Å². The van der Waals surface area contributed by atoms with Crippen molar-refractivity contribution in [3.8, 4) is 5.75 Å². The van der Waals surface area contributed by atoms with Gasteiger partial charge in [0.2, 0.25) is 0 Å². The molecule has 108 valence electrons. The lowest BCUT2D eigenvalue weighted by Gasteiger charge is -2.10. The van der Waals surface area contributed by atoms with Crippen LogP contribution < -0.4 is 10.1 Å². The number of hydrogen-bond acceptors (Lipinski definition) is 4. The normalized spacial score (nSPS) is 11.0. The molecule has 4 nitrogen and oxygen atoms in total. The summed E-state index contributed by atoms with van der Waals surface area (Å²) in [6.07, 6.45) is -0.748. The van der Waals surface area contributed by atoms with Gasteiger partial charge in [-0.25, -0.2) is 13.8 Å². The molecule has 0 radical (unpaired) electrons. The zero-order chi connectivity index (χ0) is 14.4. The second kappa shape index (κ2) is 7.00. The summed E-state index contributed by atoms with van der Waals surface area (Å²) < 4.78 is 33.8. The summed E-state index contributed by atoms with van der Waals surface area (Å²) in [5, 5.41) is 5.02. The van der Waals surface area contributed by atoms with Crippen LogP contribution in [0.3, 0.4) is 0 Å². The summed E-state index contributed by atoms with van der Waals surface area (Å²) in [5.74, 6) is 1.47. The van der Waals surface area contributed by atoms with Crippen molar-refractivity contribution in [1.82, 2.24) is 4.98 Å². The molecule has 0 atom stereocenters. The second-order valence-corrected chi connectivity index (χ2v) is 4.14. The molecule has 0 aliphatic carbocycles. The quantitative estimate of drug-likeness (QED) is 0.793. The lowest BCUT2D eigenvalue weighted by Crippen LogP contribution is -2.13. The number of methoxy groups -OCH3 is 1. The molecule has 0 bridgehead atoms. The average Bonchev–Trinajstić information content (AvgIpc) is 2.46. The number of halogens is 2. The third-order valence-electron chi connectivity index (χ3n) is 2.75. The van der Waals surface area contributed by atoms with Gasteiger partial charge in [0.05, 0.1) is 13.7 Å². The number of rotatable bonds is 7. The van der Waals surface area contributed by atoms with Crippen molar-refractivity contribution < 1.29 is 18.3 Å². The molecule has 6 heteroatoms. The van der Waals surface area contributed by atoms with E-state index in [9.17, 15) is 8.78 Å². The molecular formula is C14H16F2N2O2. The summed E-state index contributed by atoms with van der Waals surface area (Å²) in [6, 6.07) is 7.55. The van der Waals surface area contributed by atoms with Gasteiger partial charge in [0.1, 0.15) is 18.2 Å². The molecule has 0 spiro atoms. The van der Waals surface area contributed by atoms with E-state index < -0.39 is 13.0 Å². The molecule has 1 aromatic heterocycles. The van der Waals surface area contributed by atoms with Gasteiger partial charge in [-0.2, -0.15) is 0 Å².